The minimum absolute atomic E-state index is 0.144. The van der Waals surface area contributed by atoms with Crippen molar-refractivity contribution >= 4 is 27.3 Å². The van der Waals surface area contributed by atoms with Crippen LogP contribution in [0, 0.1) is 11.3 Å². The van der Waals surface area contributed by atoms with Crippen molar-refractivity contribution in [3.05, 3.63) is 101 Å². The van der Waals surface area contributed by atoms with E-state index in [0.717, 1.165) is 21.3 Å². The lowest BCUT2D eigenvalue weighted by Crippen LogP contribution is -2.21. The SMILES string of the molecule is N#C[C@@H](C(=O)C(c1ccccc1)c1ccccc1)c1nc2ccccc2s1. The number of benzene rings is 3. The van der Waals surface area contributed by atoms with Crippen LogP contribution in [0.4, 0.5) is 0 Å². The van der Waals surface area contributed by atoms with Crippen LogP contribution in [0.15, 0.2) is 84.9 Å². The first-order valence-electron chi connectivity index (χ1n) is 8.66. The quantitative estimate of drug-likeness (QED) is 0.480. The maximum Gasteiger partial charge on any atom is 0.168 e. The normalized spacial score (nSPS) is 12.0. The first kappa shape index (κ1) is 17.1. The summed E-state index contributed by atoms with van der Waals surface area (Å²) in [6, 6.07) is 29.1. The van der Waals surface area contributed by atoms with Crippen molar-refractivity contribution in [1.29, 1.82) is 5.26 Å². The van der Waals surface area contributed by atoms with Gasteiger partial charge in [-0.3, -0.25) is 4.79 Å². The zero-order valence-electron chi connectivity index (χ0n) is 14.4. The average molecular weight is 368 g/mol. The third kappa shape index (κ3) is 3.38. The zero-order chi connectivity index (χ0) is 18.6. The van der Waals surface area contributed by atoms with Gasteiger partial charge >= 0.3 is 0 Å². The molecule has 0 N–H and O–H groups in total. The summed E-state index contributed by atoms with van der Waals surface area (Å²) < 4.78 is 0.983. The van der Waals surface area contributed by atoms with Gasteiger partial charge in [-0.1, -0.05) is 72.8 Å². The number of rotatable bonds is 5. The van der Waals surface area contributed by atoms with Crippen molar-refractivity contribution in [2.24, 2.45) is 0 Å². The number of carbonyl (C=O) groups is 1. The summed E-state index contributed by atoms with van der Waals surface area (Å²) in [5, 5.41) is 10.4. The van der Waals surface area contributed by atoms with Gasteiger partial charge in [0.25, 0.3) is 0 Å². The number of Topliss-reactive ketones (excluding diaryl/α,β-unsaturated/α-hetero) is 1. The highest BCUT2D eigenvalue weighted by molar-refractivity contribution is 7.18. The molecule has 130 valence electrons. The third-order valence-electron chi connectivity index (χ3n) is 4.52. The Morgan fingerprint density at radius 2 is 1.41 bits per heavy atom. The van der Waals surface area contributed by atoms with E-state index < -0.39 is 11.8 Å². The first-order chi connectivity index (χ1) is 13.3. The van der Waals surface area contributed by atoms with E-state index in [1.165, 1.54) is 11.3 Å². The Kier molecular flexibility index (Phi) is 4.78. The van der Waals surface area contributed by atoms with Gasteiger partial charge in [-0.15, -0.1) is 11.3 Å². The lowest BCUT2D eigenvalue weighted by atomic mass is 9.83. The summed E-state index contributed by atoms with van der Waals surface area (Å²) in [4.78, 5) is 18.0. The van der Waals surface area contributed by atoms with Gasteiger partial charge in [0.05, 0.1) is 22.2 Å². The average Bonchev–Trinajstić information content (AvgIpc) is 3.14. The third-order valence-corrected chi connectivity index (χ3v) is 5.62. The van der Waals surface area contributed by atoms with Crippen LogP contribution in [0.1, 0.15) is 28.0 Å². The Balaban J connectivity index is 1.79. The summed E-state index contributed by atoms with van der Waals surface area (Å²) in [5.41, 5.74) is 2.59. The van der Waals surface area contributed by atoms with Crippen molar-refractivity contribution < 1.29 is 4.79 Å². The van der Waals surface area contributed by atoms with Gasteiger partial charge in [0.2, 0.25) is 0 Å². The van der Waals surface area contributed by atoms with Crippen LogP contribution in [-0.2, 0) is 4.79 Å². The van der Waals surface area contributed by atoms with Gasteiger partial charge in [-0.05, 0) is 23.3 Å². The lowest BCUT2D eigenvalue weighted by molar-refractivity contribution is -0.119. The van der Waals surface area contributed by atoms with Crippen molar-refractivity contribution in [2.75, 3.05) is 0 Å². The highest BCUT2D eigenvalue weighted by Crippen LogP contribution is 2.34. The van der Waals surface area contributed by atoms with Crippen molar-refractivity contribution in [1.82, 2.24) is 4.98 Å². The summed E-state index contributed by atoms with van der Waals surface area (Å²) in [6.45, 7) is 0. The number of aromatic nitrogens is 1. The molecule has 0 aliphatic carbocycles. The summed E-state index contributed by atoms with van der Waals surface area (Å²) >= 11 is 1.41. The van der Waals surface area contributed by atoms with Crippen molar-refractivity contribution in [2.45, 2.75) is 11.8 Å². The number of para-hydroxylation sites is 1. The Labute approximate surface area is 161 Å². The monoisotopic (exact) mass is 368 g/mol. The van der Waals surface area contributed by atoms with Crippen LogP contribution in [0.25, 0.3) is 10.2 Å². The van der Waals surface area contributed by atoms with E-state index in [2.05, 4.69) is 11.1 Å². The Bertz CT molecular complexity index is 1040. The van der Waals surface area contributed by atoms with E-state index in [0.29, 0.717) is 5.01 Å². The molecule has 0 saturated carbocycles. The zero-order valence-corrected chi connectivity index (χ0v) is 15.3. The number of nitriles is 1. The topological polar surface area (TPSA) is 53.8 Å². The van der Waals surface area contributed by atoms with Crippen LogP contribution >= 0.6 is 11.3 Å². The number of ketones is 1. The summed E-state index contributed by atoms with van der Waals surface area (Å²) in [6.07, 6.45) is 0. The molecule has 0 amide bonds. The Morgan fingerprint density at radius 3 is 1.96 bits per heavy atom. The fraction of sp³-hybridized carbons (Fsp3) is 0.0870. The molecule has 0 aliphatic rings. The molecule has 4 rings (SSSR count). The Hall–Kier alpha value is -3.29. The molecule has 1 aromatic heterocycles. The molecular weight excluding hydrogens is 352 g/mol. The maximum absolute atomic E-state index is 13.5. The molecule has 4 heteroatoms. The lowest BCUT2D eigenvalue weighted by Gasteiger charge is -2.18. The van der Waals surface area contributed by atoms with Gasteiger partial charge in [0.1, 0.15) is 5.01 Å². The fourth-order valence-electron chi connectivity index (χ4n) is 3.23. The highest BCUT2D eigenvalue weighted by Gasteiger charge is 2.32. The molecule has 0 saturated heterocycles. The Morgan fingerprint density at radius 1 is 0.852 bits per heavy atom. The second-order valence-corrected chi connectivity index (χ2v) is 7.30. The molecule has 0 fully saturated rings. The van der Waals surface area contributed by atoms with Gasteiger partial charge in [0, 0.05) is 0 Å². The maximum atomic E-state index is 13.5. The number of carbonyl (C=O) groups excluding carboxylic acids is 1. The molecule has 0 aliphatic heterocycles. The van der Waals surface area contributed by atoms with Gasteiger partial charge in [-0.2, -0.15) is 5.26 Å². The largest absolute Gasteiger partial charge is 0.297 e. The molecule has 4 aromatic rings. The predicted molar refractivity (Wildman–Crippen MR) is 108 cm³/mol. The summed E-state index contributed by atoms with van der Waals surface area (Å²) in [5.74, 6) is -1.54. The highest BCUT2D eigenvalue weighted by atomic mass is 32.1. The second kappa shape index (κ2) is 7.53. The van der Waals surface area contributed by atoms with Crippen LogP contribution in [-0.4, -0.2) is 10.8 Å². The minimum atomic E-state index is -0.896. The standard InChI is InChI=1S/C23H16N2OS/c24-15-18(23-25-19-13-7-8-14-20(19)27-23)22(26)21(16-9-3-1-4-10-16)17-11-5-2-6-12-17/h1-14,18,21H/t18-/m0/s1. The first-order valence-corrected chi connectivity index (χ1v) is 9.48. The molecule has 0 bridgehead atoms. The molecule has 3 aromatic carbocycles. The molecule has 1 atom stereocenters. The molecule has 27 heavy (non-hydrogen) atoms. The molecular formula is C23H16N2OS. The van der Waals surface area contributed by atoms with E-state index >= 15 is 0 Å². The molecule has 3 nitrogen and oxygen atoms in total. The molecule has 0 radical (unpaired) electrons. The van der Waals surface area contributed by atoms with E-state index in [9.17, 15) is 10.1 Å². The number of hydrogen-bond acceptors (Lipinski definition) is 4. The smallest absolute Gasteiger partial charge is 0.168 e. The van der Waals surface area contributed by atoms with Crippen molar-refractivity contribution in [3.8, 4) is 6.07 Å². The molecule has 1 heterocycles. The van der Waals surface area contributed by atoms with E-state index in [-0.39, 0.29) is 5.78 Å². The van der Waals surface area contributed by atoms with E-state index in [1.807, 2.05) is 84.9 Å². The van der Waals surface area contributed by atoms with Crippen molar-refractivity contribution in [3.63, 3.8) is 0 Å². The number of hydrogen-bond donors (Lipinski definition) is 0. The van der Waals surface area contributed by atoms with Gasteiger partial charge in [-0.25, -0.2) is 4.98 Å². The molecule has 0 spiro atoms. The van der Waals surface area contributed by atoms with E-state index in [1.54, 1.807) is 0 Å². The fourth-order valence-corrected chi connectivity index (χ4v) is 4.25. The second-order valence-electron chi connectivity index (χ2n) is 6.24. The summed E-state index contributed by atoms with van der Waals surface area (Å²) in [7, 11) is 0. The number of thiazole rings is 1. The van der Waals surface area contributed by atoms with Crippen LogP contribution < -0.4 is 0 Å². The predicted octanol–water partition coefficient (Wildman–Crippen LogP) is 5.30. The van der Waals surface area contributed by atoms with Crippen LogP contribution in [0.2, 0.25) is 0 Å². The van der Waals surface area contributed by atoms with E-state index in [4.69, 9.17) is 0 Å². The van der Waals surface area contributed by atoms with Gasteiger partial charge < -0.3 is 0 Å². The minimum Gasteiger partial charge on any atom is -0.297 e. The van der Waals surface area contributed by atoms with Crippen LogP contribution in [0.5, 0.6) is 0 Å². The number of nitrogens with zero attached hydrogens (tertiary/aromatic N) is 2. The van der Waals surface area contributed by atoms with Gasteiger partial charge in [0.15, 0.2) is 11.7 Å². The number of fused-ring (bicyclic) bond motifs is 1. The molecule has 0 unspecified atom stereocenters. The van der Waals surface area contributed by atoms with Crippen LogP contribution in [0.3, 0.4) is 0 Å².